The predicted molar refractivity (Wildman–Crippen MR) is 121 cm³/mol. The number of benzene rings is 2. The molecule has 2 amide bonds. The smallest absolute Gasteiger partial charge is 0.311 e. The van der Waals surface area contributed by atoms with Crippen LogP contribution in [0.3, 0.4) is 0 Å². The lowest BCUT2D eigenvalue weighted by Crippen LogP contribution is -2.37. The van der Waals surface area contributed by atoms with E-state index in [1.165, 1.54) is 23.1 Å². The van der Waals surface area contributed by atoms with E-state index >= 15 is 0 Å². The maximum Gasteiger partial charge on any atom is 0.311 e. The van der Waals surface area contributed by atoms with Crippen LogP contribution in [0.15, 0.2) is 42.1 Å². The van der Waals surface area contributed by atoms with E-state index in [0.29, 0.717) is 22.8 Å². The zero-order valence-electron chi connectivity index (χ0n) is 17.9. The van der Waals surface area contributed by atoms with Gasteiger partial charge >= 0.3 is 5.97 Å². The number of fused-ring (bicyclic) bond motifs is 1. The molecule has 2 aromatic carbocycles. The number of hydrogen-bond acceptors (Lipinski definition) is 5. The lowest BCUT2D eigenvalue weighted by atomic mass is 10.1. The van der Waals surface area contributed by atoms with Crippen molar-refractivity contribution in [2.45, 2.75) is 27.2 Å². The van der Waals surface area contributed by atoms with Crippen molar-refractivity contribution in [3.63, 3.8) is 0 Å². The average molecular weight is 460 g/mol. The lowest BCUT2D eigenvalue weighted by molar-refractivity contribution is -0.142. The number of ether oxygens (including phenoxy) is 1. The van der Waals surface area contributed by atoms with E-state index < -0.39 is 23.6 Å². The number of halogens is 2. The topological polar surface area (TPSA) is 87.7 Å². The van der Waals surface area contributed by atoms with Crippen LogP contribution >= 0.6 is 11.6 Å². The van der Waals surface area contributed by atoms with Crippen molar-refractivity contribution in [2.75, 3.05) is 28.7 Å². The van der Waals surface area contributed by atoms with Crippen LogP contribution in [0.2, 0.25) is 5.02 Å². The number of carbonyl (C=O) groups excluding carboxylic acids is 3. The summed E-state index contributed by atoms with van der Waals surface area (Å²) in [5.74, 6) is -2.03. The Hall–Kier alpha value is -3.39. The summed E-state index contributed by atoms with van der Waals surface area (Å²) < 4.78 is 18.4. The molecule has 168 valence electrons. The van der Waals surface area contributed by atoms with Gasteiger partial charge in [-0.25, -0.2) is 4.39 Å². The van der Waals surface area contributed by atoms with Crippen molar-refractivity contribution >= 4 is 46.4 Å². The molecule has 0 aromatic heterocycles. The molecule has 0 aliphatic carbocycles. The standard InChI is InChI=1S/C23H23ClFN3O4/c1-4-32-23(31)11-16-10-22(30)28(20-8-14(3)13(2)7-19(20)26-16)12-21(29)27-15-5-6-18(25)17(24)9-15/h5-10,26H,4,11-12H2,1-3H3,(H,27,29). The average Bonchev–Trinajstić information content (AvgIpc) is 2.82. The van der Waals surface area contributed by atoms with Gasteiger partial charge in [0.05, 0.1) is 29.4 Å². The fourth-order valence-electron chi connectivity index (χ4n) is 3.22. The Morgan fingerprint density at radius 1 is 1.19 bits per heavy atom. The maximum absolute atomic E-state index is 13.4. The molecule has 1 heterocycles. The normalized spacial score (nSPS) is 13.0. The Kier molecular flexibility index (Phi) is 7.15. The molecule has 0 fully saturated rings. The van der Waals surface area contributed by atoms with Crippen LogP contribution in [-0.2, 0) is 19.1 Å². The lowest BCUT2D eigenvalue weighted by Gasteiger charge is -2.23. The number of rotatable bonds is 6. The van der Waals surface area contributed by atoms with Crippen LogP contribution in [0.4, 0.5) is 21.5 Å². The van der Waals surface area contributed by atoms with Gasteiger partial charge in [0.2, 0.25) is 5.91 Å². The van der Waals surface area contributed by atoms with Crippen LogP contribution < -0.4 is 15.5 Å². The number of hydrogen-bond donors (Lipinski definition) is 2. The Morgan fingerprint density at radius 2 is 1.91 bits per heavy atom. The van der Waals surface area contributed by atoms with Gasteiger partial charge in [-0.15, -0.1) is 0 Å². The third-order valence-electron chi connectivity index (χ3n) is 4.91. The molecule has 0 spiro atoms. The molecular formula is C23H23ClFN3O4. The number of aryl methyl sites for hydroxylation is 2. The van der Waals surface area contributed by atoms with Crippen LogP contribution in [0.25, 0.3) is 0 Å². The number of nitrogens with zero attached hydrogens (tertiary/aromatic N) is 1. The fourth-order valence-corrected chi connectivity index (χ4v) is 3.40. The zero-order valence-corrected chi connectivity index (χ0v) is 18.7. The zero-order chi connectivity index (χ0) is 23.4. The Labute approximate surface area is 190 Å². The van der Waals surface area contributed by atoms with Crippen molar-refractivity contribution in [1.82, 2.24) is 0 Å². The van der Waals surface area contributed by atoms with Gasteiger partial charge < -0.3 is 15.4 Å². The highest BCUT2D eigenvalue weighted by molar-refractivity contribution is 6.31. The number of carbonyl (C=O) groups is 3. The monoisotopic (exact) mass is 459 g/mol. The first kappa shape index (κ1) is 23.3. The molecule has 2 aromatic rings. The highest BCUT2D eigenvalue weighted by Gasteiger charge is 2.26. The van der Waals surface area contributed by atoms with Crippen LogP contribution in [-0.4, -0.2) is 30.9 Å². The summed E-state index contributed by atoms with van der Waals surface area (Å²) in [6, 6.07) is 7.47. The molecule has 1 aliphatic heterocycles. The van der Waals surface area contributed by atoms with Gasteiger partial charge in [-0.05, 0) is 62.2 Å². The number of esters is 1. The first-order valence-electron chi connectivity index (χ1n) is 9.98. The number of amides is 2. The predicted octanol–water partition coefficient (Wildman–Crippen LogP) is 4.33. The summed E-state index contributed by atoms with van der Waals surface area (Å²) in [6.45, 7) is 5.46. The summed E-state index contributed by atoms with van der Waals surface area (Å²) >= 11 is 5.77. The van der Waals surface area contributed by atoms with Crippen molar-refractivity contribution in [3.05, 3.63) is 64.1 Å². The van der Waals surface area contributed by atoms with Crippen LogP contribution in [0, 0.1) is 19.7 Å². The second kappa shape index (κ2) is 9.82. The molecule has 2 N–H and O–H groups in total. The van der Waals surface area contributed by atoms with Gasteiger partial charge in [0.15, 0.2) is 0 Å². The van der Waals surface area contributed by atoms with Gasteiger partial charge in [0.1, 0.15) is 12.4 Å². The number of nitrogens with one attached hydrogen (secondary N) is 2. The van der Waals surface area contributed by atoms with Gasteiger partial charge in [0, 0.05) is 17.5 Å². The van der Waals surface area contributed by atoms with Crippen molar-refractivity contribution < 1.29 is 23.5 Å². The highest BCUT2D eigenvalue weighted by atomic mass is 35.5. The van der Waals surface area contributed by atoms with E-state index in [0.717, 1.165) is 17.2 Å². The fraction of sp³-hybridized carbons (Fsp3) is 0.261. The minimum Gasteiger partial charge on any atom is -0.466 e. The van der Waals surface area contributed by atoms with E-state index in [1.54, 1.807) is 13.0 Å². The minimum atomic E-state index is -0.600. The van der Waals surface area contributed by atoms with Gasteiger partial charge in [-0.1, -0.05) is 11.6 Å². The molecule has 0 radical (unpaired) electrons. The Bertz CT molecular complexity index is 1120. The second-order valence-electron chi connectivity index (χ2n) is 7.33. The minimum absolute atomic E-state index is 0.111. The van der Waals surface area contributed by atoms with E-state index in [2.05, 4.69) is 10.6 Å². The third-order valence-corrected chi connectivity index (χ3v) is 5.20. The first-order chi connectivity index (χ1) is 15.2. The molecule has 9 heteroatoms. The third kappa shape index (κ3) is 5.45. The number of anilines is 3. The Morgan fingerprint density at radius 3 is 2.59 bits per heavy atom. The van der Waals surface area contributed by atoms with Gasteiger partial charge in [-0.3, -0.25) is 19.3 Å². The molecule has 0 unspecified atom stereocenters. The summed E-state index contributed by atoms with van der Waals surface area (Å²) in [5.41, 5.74) is 3.67. The van der Waals surface area contributed by atoms with E-state index in [-0.39, 0.29) is 24.6 Å². The van der Waals surface area contributed by atoms with Gasteiger partial charge in [0.25, 0.3) is 5.91 Å². The molecule has 3 rings (SSSR count). The molecule has 0 saturated heterocycles. The Balaban J connectivity index is 1.89. The molecule has 0 atom stereocenters. The quantitative estimate of drug-likeness (QED) is 0.628. The summed E-state index contributed by atoms with van der Waals surface area (Å²) in [7, 11) is 0. The molecule has 1 aliphatic rings. The van der Waals surface area contributed by atoms with E-state index in [9.17, 15) is 18.8 Å². The van der Waals surface area contributed by atoms with Gasteiger partial charge in [-0.2, -0.15) is 0 Å². The van der Waals surface area contributed by atoms with E-state index in [4.69, 9.17) is 16.3 Å². The highest BCUT2D eigenvalue weighted by Crippen LogP contribution is 2.33. The van der Waals surface area contributed by atoms with Crippen LogP contribution in [0.5, 0.6) is 0 Å². The molecular weight excluding hydrogens is 437 g/mol. The molecule has 0 saturated carbocycles. The summed E-state index contributed by atoms with van der Waals surface area (Å²) in [4.78, 5) is 39.0. The van der Waals surface area contributed by atoms with Crippen molar-refractivity contribution in [1.29, 1.82) is 0 Å². The largest absolute Gasteiger partial charge is 0.466 e. The van der Waals surface area contributed by atoms with E-state index in [1.807, 2.05) is 19.9 Å². The van der Waals surface area contributed by atoms with Crippen LogP contribution in [0.1, 0.15) is 24.5 Å². The molecule has 0 bridgehead atoms. The second-order valence-corrected chi connectivity index (χ2v) is 7.74. The maximum atomic E-state index is 13.4. The summed E-state index contributed by atoms with van der Waals surface area (Å²) in [6.07, 6.45) is 1.17. The molecule has 7 nitrogen and oxygen atoms in total. The van der Waals surface area contributed by atoms with Crippen molar-refractivity contribution in [3.8, 4) is 0 Å². The first-order valence-corrected chi connectivity index (χ1v) is 10.4. The SMILES string of the molecule is CCOC(=O)CC1=CC(=O)N(CC(=O)Nc2ccc(F)c(Cl)c2)c2cc(C)c(C)cc2N1. The van der Waals surface area contributed by atoms with Crippen molar-refractivity contribution in [2.24, 2.45) is 0 Å². The summed E-state index contributed by atoms with van der Waals surface area (Å²) in [5, 5.41) is 5.61. The molecule has 32 heavy (non-hydrogen) atoms.